The van der Waals surface area contributed by atoms with Crippen molar-refractivity contribution in [2.75, 3.05) is 27.2 Å². The molecule has 384 valence electrons. The number of aryl methyl sites for hydroxylation is 4. The van der Waals surface area contributed by atoms with Gasteiger partial charge in [-0.05, 0) is 97.9 Å². The maximum Gasteiger partial charge on any atom is 0.231 e. The van der Waals surface area contributed by atoms with E-state index in [4.69, 9.17) is 37.9 Å². The molecule has 13 rings (SSSR count). The molecule has 4 heterocycles. The summed E-state index contributed by atoms with van der Waals surface area (Å²) < 4.78 is 51.9. The molecule has 0 spiro atoms. The first-order chi connectivity index (χ1) is 37.4. The predicted molar refractivity (Wildman–Crippen MR) is 283 cm³/mol. The van der Waals surface area contributed by atoms with E-state index in [1.54, 1.807) is 0 Å². The Balaban J connectivity index is 1.14. The highest BCUT2D eigenvalue weighted by Gasteiger charge is 2.42. The van der Waals surface area contributed by atoms with Gasteiger partial charge < -0.3 is 58.3 Å². The quantitative estimate of drug-likeness (QED) is 0.0921. The molecule has 0 aromatic heterocycles. The molecule has 0 amide bonds. The molecular formula is C64H56O12. The van der Waals surface area contributed by atoms with Crippen LogP contribution in [0, 0.1) is 0 Å². The van der Waals surface area contributed by atoms with Gasteiger partial charge in [-0.1, -0.05) is 121 Å². The van der Waals surface area contributed by atoms with E-state index in [2.05, 4.69) is 72.8 Å². The first-order valence-corrected chi connectivity index (χ1v) is 26.1. The summed E-state index contributed by atoms with van der Waals surface area (Å²) in [4.78, 5) is 0. The first-order valence-electron chi connectivity index (χ1n) is 26.1. The summed E-state index contributed by atoms with van der Waals surface area (Å²) in [6.07, 6.45) is 4.44. The van der Waals surface area contributed by atoms with Gasteiger partial charge in [0, 0.05) is 68.2 Å². The molecule has 8 aromatic rings. The maximum atomic E-state index is 12.8. The lowest BCUT2D eigenvalue weighted by molar-refractivity contribution is 0.0865. The van der Waals surface area contributed by atoms with Crippen LogP contribution in [0.25, 0.3) is 0 Å². The lowest BCUT2D eigenvalue weighted by atomic mass is 9.75. The molecule has 12 nitrogen and oxygen atoms in total. The Hall–Kier alpha value is -8.64. The molecule has 0 unspecified atom stereocenters. The Kier molecular flexibility index (Phi) is 12.3. The Morgan fingerprint density at radius 2 is 0.434 bits per heavy atom. The molecule has 0 saturated carbocycles. The van der Waals surface area contributed by atoms with Crippen molar-refractivity contribution >= 4 is 0 Å². The van der Waals surface area contributed by atoms with E-state index in [-0.39, 0.29) is 96.2 Å². The van der Waals surface area contributed by atoms with Crippen LogP contribution < -0.4 is 37.9 Å². The highest BCUT2D eigenvalue weighted by atomic mass is 16.7. The third-order valence-corrected chi connectivity index (χ3v) is 15.9. The minimum atomic E-state index is -0.565. The fourth-order valence-corrected chi connectivity index (χ4v) is 12.3. The van der Waals surface area contributed by atoms with Gasteiger partial charge in [0.2, 0.25) is 50.2 Å². The molecule has 4 N–H and O–H groups in total. The SMILES string of the molecule is Oc1c2c3cc4c1OCOc1c(cc5c(c1O)OCOc1c(cc6c(c1O)OCOc1c(cc(c(c1O)OCO2)C3CCc1ccccc1)C6CCc1ccccc1)C5CCc1ccccc1)C4CCc1ccccc1. The standard InChI is InChI=1S/C64H56O12/c65-53-57-45-29-47-42(26-22-38-15-7-2-8-16-38)49-31-51-44(28-24-40-19-11-4-12-20-40)52-32-50-43(27-23-39-17-9-3-10-18-39)48-30-46(41(45)25-21-37-13-5-1-6-14-37)58(70-33-69-57)54(66)60(48)72-35-74-62(50)56(68)64(52)76-36-75-63(51)55(67)61(49)73-34-71-59(47)53/h1-20,29-32,41-44,65-68H,21-28,33-36H2. The van der Waals surface area contributed by atoms with E-state index in [9.17, 15) is 20.4 Å². The van der Waals surface area contributed by atoms with E-state index in [1.807, 2.05) is 72.8 Å². The Morgan fingerprint density at radius 3 is 0.605 bits per heavy atom. The van der Waals surface area contributed by atoms with Crippen molar-refractivity contribution in [2.24, 2.45) is 0 Å². The lowest BCUT2D eigenvalue weighted by Gasteiger charge is -2.36. The van der Waals surface area contributed by atoms with Crippen molar-refractivity contribution in [3.05, 3.63) is 212 Å². The fourth-order valence-electron chi connectivity index (χ4n) is 12.3. The zero-order valence-corrected chi connectivity index (χ0v) is 41.7. The number of phenols is 4. The number of rotatable bonds is 12. The van der Waals surface area contributed by atoms with Crippen molar-refractivity contribution in [2.45, 2.75) is 75.0 Å². The van der Waals surface area contributed by atoms with E-state index in [0.717, 1.165) is 22.3 Å². The zero-order valence-electron chi connectivity index (χ0n) is 41.7. The predicted octanol–water partition coefficient (Wildman–Crippen LogP) is 12.8. The van der Waals surface area contributed by atoms with E-state index in [1.165, 1.54) is 0 Å². The molecule has 0 radical (unpaired) electrons. The first kappa shape index (κ1) is 47.1. The highest BCUT2D eigenvalue weighted by molar-refractivity contribution is 5.73. The summed E-state index contributed by atoms with van der Waals surface area (Å²) >= 11 is 0. The fraction of sp³-hybridized carbons (Fsp3) is 0.250. The van der Waals surface area contributed by atoms with Crippen LogP contribution in [0.1, 0.15) is 116 Å². The van der Waals surface area contributed by atoms with Gasteiger partial charge in [-0.15, -0.1) is 0 Å². The average molecular weight is 1020 g/mol. The summed E-state index contributed by atoms with van der Waals surface area (Å²) in [5.41, 5.74) is 9.69. The molecule has 0 saturated heterocycles. The maximum absolute atomic E-state index is 12.8. The van der Waals surface area contributed by atoms with Crippen LogP contribution in [-0.2, 0) is 25.7 Å². The number of benzene rings is 8. The van der Waals surface area contributed by atoms with Gasteiger partial charge in [-0.25, -0.2) is 0 Å². The van der Waals surface area contributed by atoms with Crippen molar-refractivity contribution in [3.8, 4) is 69.0 Å². The topological polar surface area (TPSA) is 155 Å². The molecule has 8 bridgehead atoms. The minimum Gasteiger partial charge on any atom is -0.502 e. The molecule has 12 heteroatoms. The number of phenolic OH excluding ortho intramolecular Hbond substituents is 4. The third kappa shape index (κ3) is 8.42. The van der Waals surface area contributed by atoms with E-state index >= 15 is 0 Å². The van der Waals surface area contributed by atoms with Crippen molar-refractivity contribution < 1.29 is 58.3 Å². The van der Waals surface area contributed by atoms with Gasteiger partial charge in [0.05, 0.1) is 0 Å². The van der Waals surface area contributed by atoms with Crippen molar-refractivity contribution in [1.29, 1.82) is 0 Å². The van der Waals surface area contributed by atoms with Crippen molar-refractivity contribution in [3.63, 3.8) is 0 Å². The van der Waals surface area contributed by atoms with E-state index in [0.29, 0.717) is 95.9 Å². The summed E-state index contributed by atoms with van der Waals surface area (Å²) in [7, 11) is 0. The van der Waals surface area contributed by atoms with Gasteiger partial charge in [0.1, 0.15) is 0 Å². The van der Waals surface area contributed by atoms with Gasteiger partial charge in [0.25, 0.3) is 0 Å². The monoisotopic (exact) mass is 1020 g/mol. The molecule has 0 atom stereocenters. The number of hydrogen-bond donors (Lipinski definition) is 4. The molecule has 0 fully saturated rings. The second-order valence-electron chi connectivity index (χ2n) is 20.2. The second kappa shape index (κ2) is 19.9. The summed E-state index contributed by atoms with van der Waals surface area (Å²) in [6.45, 7) is -1.49. The molecule has 76 heavy (non-hydrogen) atoms. The largest absolute Gasteiger partial charge is 0.502 e. The van der Waals surface area contributed by atoms with Crippen LogP contribution in [-0.4, -0.2) is 47.6 Å². The van der Waals surface area contributed by atoms with Gasteiger partial charge in [-0.2, -0.15) is 0 Å². The highest BCUT2D eigenvalue weighted by Crippen LogP contribution is 2.61. The molecular weight excluding hydrogens is 961 g/mol. The average Bonchev–Trinajstić information content (AvgIpc) is 3.51. The molecule has 1 aliphatic carbocycles. The van der Waals surface area contributed by atoms with Crippen molar-refractivity contribution in [1.82, 2.24) is 0 Å². The smallest absolute Gasteiger partial charge is 0.231 e. The number of ether oxygens (including phenoxy) is 8. The Morgan fingerprint density at radius 1 is 0.263 bits per heavy atom. The van der Waals surface area contributed by atoms with Crippen LogP contribution >= 0.6 is 0 Å². The number of aromatic hydroxyl groups is 4. The lowest BCUT2D eigenvalue weighted by Crippen LogP contribution is -2.23. The minimum absolute atomic E-state index is 0.186. The van der Waals surface area contributed by atoms with Crippen LogP contribution in [0.15, 0.2) is 146 Å². The van der Waals surface area contributed by atoms with Gasteiger partial charge in [-0.3, -0.25) is 0 Å². The Bertz CT molecular complexity index is 2880. The molecule has 4 aliphatic heterocycles. The normalized spacial score (nSPS) is 18.2. The molecule has 5 aliphatic rings. The van der Waals surface area contributed by atoms with Gasteiger partial charge in [0.15, 0.2) is 46.0 Å². The van der Waals surface area contributed by atoms with Crippen LogP contribution in [0.5, 0.6) is 69.0 Å². The summed E-state index contributed by atoms with van der Waals surface area (Å²) in [5.74, 6) is -1.62. The third-order valence-electron chi connectivity index (χ3n) is 15.9. The van der Waals surface area contributed by atoms with E-state index < -0.39 is 23.7 Å². The number of hydrogen-bond acceptors (Lipinski definition) is 12. The van der Waals surface area contributed by atoms with Crippen LogP contribution in [0.4, 0.5) is 0 Å². The second-order valence-corrected chi connectivity index (χ2v) is 20.2. The Labute approximate surface area is 440 Å². The summed E-state index contributed by atoms with van der Waals surface area (Å²) in [6, 6.07) is 49.1. The van der Waals surface area contributed by atoms with Crippen LogP contribution in [0.3, 0.4) is 0 Å². The van der Waals surface area contributed by atoms with Crippen LogP contribution in [0.2, 0.25) is 0 Å². The molecule has 8 aromatic carbocycles. The van der Waals surface area contributed by atoms with Gasteiger partial charge >= 0.3 is 0 Å². The summed E-state index contributed by atoms with van der Waals surface area (Å²) in [5, 5.41) is 51.3. The zero-order chi connectivity index (χ0) is 51.3.